The van der Waals surface area contributed by atoms with Crippen molar-refractivity contribution in [1.82, 2.24) is 10.6 Å². The SMILES string of the molecule is O=C(COc1ccc(CCNC(=O)C2(c3cccc(Cl)c3)CCCCC2)cc1)NC1CC1. The number of hydrogen-bond acceptors (Lipinski definition) is 3. The molecule has 0 aliphatic heterocycles. The molecule has 0 saturated heterocycles. The van der Waals surface area contributed by atoms with E-state index in [2.05, 4.69) is 10.6 Å². The first-order valence-corrected chi connectivity index (χ1v) is 12.0. The normalized spacial score (nSPS) is 17.4. The highest BCUT2D eigenvalue weighted by Crippen LogP contribution is 2.40. The number of carbonyl (C=O) groups excluding carboxylic acids is 2. The molecule has 5 nitrogen and oxygen atoms in total. The number of hydrogen-bond donors (Lipinski definition) is 2. The monoisotopic (exact) mass is 454 g/mol. The Balaban J connectivity index is 1.28. The molecule has 2 aromatic carbocycles. The maximum atomic E-state index is 13.3. The summed E-state index contributed by atoms with van der Waals surface area (Å²) in [6.45, 7) is 0.614. The predicted molar refractivity (Wildman–Crippen MR) is 126 cm³/mol. The van der Waals surface area contributed by atoms with Gasteiger partial charge in [-0.3, -0.25) is 9.59 Å². The second-order valence-electron chi connectivity index (χ2n) is 8.93. The second kappa shape index (κ2) is 10.4. The minimum atomic E-state index is -0.484. The molecule has 2 aromatic rings. The van der Waals surface area contributed by atoms with Crippen LogP contribution >= 0.6 is 11.6 Å². The number of carbonyl (C=O) groups is 2. The van der Waals surface area contributed by atoms with E-state index in [-0.39, 0.29) is 18.4 Å². The molecule has 4 rings (SSSR count). The van der Waals surface area contributed by atoms with E-state index < -0.39 is 5.41 Å². The average Bonchev–Trinajstić information content (AvgIpc) is 3.63. The van der Waals surface area contributed by atoms with Gasteiger partial charge in [0, 0.05) is 17.6 Å². The van der Waals surface area contributed by atoms with E-state index in [9.17, 15) is 9.59 Å². The lowest BCUT2D eigenvalue weighted by Gasteiger charge is -2.36. The number of ether oxygens (including phenoxy) is 1. The van der Waals surface area contributed by atoms with Gasteiger partial charge in [0.2, 0.25) is 5.91 Å². The van der Waals surface area contributed by atoms with E-state index in [0.717, 1.165) is 56.1 Å². The molecule has 0 spiro atoms. The van der Waals surface area contributed by atoms with Crippen LogP contribution < -0.4 is 15.4 Å². The van der Waals surface area contributed by atoms with Gasteiger partial charge < -0.3 is 15.4 Å². The summed E-state index contributed by atoms with van der Waals surface area (Å²) in [5, 5.41) is 6.75. The van der Waals surface area contributed by atoms with Gasteiger partial charge in [-0.1, -0.05) is 55.1 Å². The molecule has 2 aliphatic rings. The van der Waals surface area contributed by atoms with Gasteiger partial charge in [0.15, 0.2) is 6.61 Å². The molecular formula is C26H31ClN2O3. The van der Waals surface area contributed by atoms with Crippen molar-refractivity contribution in [1.29, 1.82) is 0 Å². The summed E-state index contributed by atoms with van der Waals surface area (Å²) < 4.78 is 5.55. The molecule has 0 heterocycles. The molecule has 0 unspecified atom stereocenters. The fourth-order valence-corrected chi connectivity index (χ4v) is 4.67. The molecule has 2 N–H and O–H groups in total. The van der Waals surface area contributed by atoms with E-state index in [0.29, 0.717) is 23.4 Å². The molecule has 170 valence electrons. The van der Waals surface area contributed by atoms with E-state index in [1.165, 1.54) is 6.42 Å². The number of rotatable bonds is 9. The molecule has 2 saturated carbocycles. The van der Waals surface area contributed by atoms with Crippen LogP contribution in [-0.2, 0) is 21.4 Å². The van der Waals surface area contributed by atoms with Gasteiger partial charge in [-0.05, 0) is 67.5 Å². The van der Waals surface area contributed by atoms with Crippen LogP contribution in [0.5, 0.6) is 5.75 Å². The Kier molecular flexibility index (Phi) is 7.36. The molecule has 2 amide bonds. The molecule has 0 atom stereocenters. The van der Waals surface area contributed by atoms with Crippen LogP contribution in [0.25, 0.3) is 0 Å². The third kappa shape index (κ3) is 5.83. The first-order valence-electron chi connectivity index (χ1n) is 11.6. The van der Waals surface area contributed by atoms with Crippen LogP contribution in [0, 0.1) is 0 Å². The van der Waals surface area contributed by atoms with Gasteiger partial charge in [-0.2, -0.15) is 0 Å². The van der Waals surface area contributed by atoms with Gasteiger partial charge in [0.05, 0.1) is 5.41 Å². The highest BCUT2D eigenvalue weighted by molar-refractivity contribution is 6.30. The molecule has 32 heavy (non-hydrogen) atoms. The summed E-state index contributed by atoms with van der Waals surface area (Å²) >= 11 is 6.23. The van der Waals surface area contributed by atoms with Crippen molar-refractivity contribution in [2.45, 2.75) is 62.8 Å². The summed E-state index contributed by atoms with van der Waals surface area (Å²) in [6, 6.07) is 15.8. The summed E-state index contributed by atoms with van der Waals surface area (Å²) in [4.78, 5) is 25.0. The van der Waals surface area contributed by atoms with Crippen molar-refractivity contribution in [2.24, 2.45) is 0 Å². The maximum absolute atomic E-state index is 13.3. The van der Waals surface area contributed by atoms with Gasteiger partial charge in [-0.15, -0.1) is 0 Å². The zero-order valence-corrected chi connectivity index (χ0v) is 19.1. The van der Waals surface area contributed by atoms with E-state index in [4.69, 9.17) is 16.3 Å². The smallest absolute Gasteiger partial charge is 0.258 e. The molecule has 2 fully saturated rings. The van der Waals surface area contributed by atoms with Crippen molar-refractivity contribution in [3.8, 4) is 5.75 Å². The lowest BCUT2D eigenvalue weighted by atomic mass is 9.68. The highest BCUT2D eigenvalue weighted by Gasteiger charge is 2.40. The Morgan fingerprint density at radius 1 is 1.03 bits per heavy atom. The summed E-state index contributed by atoms with van der Waals surface area (Å²) in [6.07, 6.45) is 7.87. The topological polar surface area (TPSA) is 67.4 Å². The third-order valence-electron chi connectivity index (χ3n) is 6.45. The fraction of sp³-hybridized carbons (Fsp3) is 0.462. The average molecular weight is 455 g/mol. The standard InChI is InChI=1S/C26H31ClN2O3/c27-21-6-4-5-20(17-21)26(14-2-1-3-15-26)25(31)28-16-13-19-7-11-23(12-8-19)32-18-24(30)29-22-9-10-22/h4-8,11-12,17,22H,1-3,9-10,13-16,18H2,(H,28,31)(H,29,30). The van der Waals surface area contributed by atoms with Crippen LogP contribution in [0.4, 0.5) is 0 Å². The molecule has 0 aromatic heterocycles. The number of benzene rings is 2. The van der Waals surface area contributed by atoms with E-state index in [1.54, 1.807) is 0 Å². The maximum Gasteiger partial charge on any atom is 0.258 e. The summed E-state index contributed by atoms with van der Waals surface area (Å²) in [5.41, 5.74) is 1.65. The van der Waals surface area contributed by atoms with Gasteiger partial charge in [0.1, 0.15) is 5.75 Å². The van der Waals surface area contributed by atoms with Crippen LogP contribution in [0.2, 0.25) is 5.02 Å². The van der Waals surface area contributed by atoms with E-state index in [1.807, 2.05) is 48.5 Å². The predicted octanol–water partition coefficient (Wildman–Crippen LogP) is 4.56. The molecule has 2 aliphatic carbocycles. The minimum absolute atomic E-state index is 0.0392. The molecule has 0 bridgehead atoms. The van der Waals surface area contributed by atoms with Crippen LogP contribution in [0.3, 0.4) is 0 Å². The number of halogens is 1. The van der Waals surface area contributed by atoms with Crippen molar-refractivity contribution in [2.75, 3.05) is 13.2 Å². The first-order chi connectivity index (χ1) is 15.5. The van der Waals surface area contributed by atoms with Gasteiger partial charge in [-0.25, -0.2) is 0 Å². The Labute approximate surface area is 194 Å². The van der Waals surface area contributed by atoms with E-state index >= 15 is 0 Å². The Morgan fingerprint density at radius 3 is 2.47 bits per heavy atom. The van der Waals surface area contributed by atoms with Crippen molar-refractivity contribution >= 4 is 23.4 Å². The zero-order chi connectivity index (χ0) is 22.4. The Hall–Kier alpha value is -2.53. The lowest BCUT2D eigenvalue weighted by molar-refractivity contribution is -0.128. The number of nitrogens with one attached hydrogen (secondary N) is 2. The minimum Gasteiger partial charge on any atom is -0.484 e. The molecular weight excluding hydrogens is 424 g/mol. The third-order valence-corrected chi connectivity index (χ3v) is 6.69. The van der Waals surface area contributed by atoms with Crippen LogP contribution in [0.15, 0.2) is 48.5 Å². The Morgan fingerprint density at radius 2 is 1.78 bits per heavy atom. The van der Waals surface area contributed by atoms with Crippen LogP contribution in [-0.4, -0.2) is 31.0 Å². The van der Waals surface area contributed by atoms with Crippen LogP contribution in [0.1, 0.15) is 56.1 Å². The Bertz CT molecular complexity index is 934. The highest BCUT2D eigenvalue weighted by atomic mass is 35.5. The molecule has 0 radical (unpaired) electrons. The quantitative estimate of drug-likeness (QED) is 0.583. The second-order valence-corrected chi connectivity index (χ2v) is 9.37. The fourth-order valence-electron chi connectivity index (χ4n) is 4.48. The molecule has 6 heteroatoms. The van der Waals surface area contributed by atoms with Gasteiger partial charge >= 0.3 is 0 Å². The van der Waals surface area contributed by atoms with Crippen molar-refractivity contribution < 1.29 is 14.3 Å². The summed E-state index contributed by atoms with van der Waals surface area (Å²) in [7, 11) is 0. The van der Waals surface area contributed by atoms with Gasteiger partial charge in [0.25, 0.3) is 5.91 Å². The lowest BCUT2D eigenvalue weighted by Crippen LogP contribution is -2.46. The summed E-state index contributed by atoms with van der Waals surface area (Å²) in [5.74, 6) is 0.697. The largest absolute Gasteiger partial charge is 0.484 e. The number of amides is 2. The first kappa shape index (κ1) is 22.7. The van der Waals surface area contributed by atoms with Crippen molar-refractivity contribution in [3.05, 3.63) is 64.7 Å². The van der Waals surface area contributed by atoms with Crippen molar-refractivity contribution in [3.63, 3.8) is 0 Å². The zero-order valence-electron chi connectivity index (χ0n) is 18.4.